The summed E-state index contributed by atoms with van der Waals surface area (Å²) in [6.07, 6.45) is 5.32. The molecule has 1 heterocycles. The number of rotatable bonds is 4. The number of hydrogen-bond donors (Lipinski definition) is 0. The van der Waals surface area contributed by atoms with Gasteiger partial charge in [0.25, 0.3) is 0 Å². The molecular formula is C15H11ClN2O2S. The monoisotopic (exact) mass is 318 g/mol. The molecule has 106 valence electrons. The summed E-state index contributed by atoms with van der Waals surface area (Å²) in [5, 5.41) is 13.1. The average Bonchev–Trinajstić information content (AvgIpc) is 3.23. The lowest BCUT2D eigenvalue weighted by atomic mass is 10.0. The third-order valence-electron chi connectivity index (χ3n) is 3.47. The van der Waals surface area contributed by atoms with Crippen LogP contribution in [0.3, 0.4) is 0 Å². The first-order valence-corrected chi connectivity index (χ1v) is 8.03. The Hall–Kier alpha value is -1.77. The Morgan fingerprint density at radius 3 is 2.86 bits per heavy atom. The first-order chi connectivity index (χ1) is 10.2. The molecule has 1 fully saturated rings. The second-order valence-corrected chi connectivity index (χ2v) is 6.05. The molecule has 0 bridgehead atoms. The molecule has 3 rings (SSSR count). The van der Waals surface area contributed by atoms with Crippen molar-refractivity contribution in [3.05, 3.63) is 45.8 Å². The fourth-order valence-corrected chi connectivity index (χ4v) is 3.12. The van der Waals surface area contributed by atoms with Crippen molar-refractivity contribution in [1.29, 1.82) is 5.26 Å². The molecule has 0 aliphatic heterocycles. The molecule has 2 aromatic rings. The normalized spacial score (nSPS) is 14.0. The highest BCUT2D eigenvalue weighted by Crippen LogP contribution is 2.42. The van der Waals surface area contributed by atoms with Gasteiger partial charge in [-0.25, -0.2) is 0 Å². The van der Waals surface area contributed by atoms with Gasteiger partial charge in [0.05, 0.1) is 22.3 Å². The van der Waals surface area contributed by atoms with E-state index < -0.39 is 0 Å². The van der Waals surface area contributed by atoms with E-state index in [1.807, 2.05) is 6.26 Å². The van der Waals surface area contributed by atoms with Gasteiger partial charge in [0.2, 0.25) is 0 Å². The van der Waals surface area contributed by atoms with Gasteiger partial charge in [0.15, 0.2) is 11.5 Å². The zero-order valence-electron chi connectivity index (χ0n) is 11.2. The molecule has 0 radical (unpaired) electrons. The van der Waals surface area contributed by atoms with Crippen LogP contribution in [0, 0.1) is 11.3 Å². The Morgan fingerprint density at radius 1 is 1.48 bits per heavy atom. The number of thioether (sulfide) groups is 1. The summed E-state index contributed by atoms with van der Waals surface area (Å²) >= 11 is 7.67. The van der Waals surface area contributed by atoms with Crippen molar-refractivity contribution >= 4 is 29.1 Å². The van der Waals surface area contributed by atoms with Gasteiger partial charge in [-0.05, 0) is 31.2 Å². The summed E-state index contributed by atoms with van der Waals surface area (Å²) in [5.41, 5.74) is 1.09. The van der Waals surface area contributed by atoms with Gasteiger partial charge in [-0.15, -0.1) is 11.8 Å². The van der Waals surface area contributed by atoms with E-state index in [9.17, 15) is 10.1 Å². The predicted octanol–water partition coefficient (Wildman–Crippen LogP) is 4.03. The molecular weight excluding hydrogens is 308 g/mol. The number of nitrogens with zero attached hydrogens (tertiary/aromatic N) is 2. The number of carbonyl (C=O) groups is 1. The van der Waals surface area contributed by atoms with Crippen LogP contribution in [0.5, 0.6) is 0 Å². The van der Waals surface area contributed by atoms with Crippen LogP contribution in [0.1, 0.15) is 46.0 Å². The Morgan fingerprint density at radius 2 is 2.24 bits per heavy atom. The van der Waals surface area contributed by atoms with Crippen LogP contribution < -0.4 is 0 Å². The van der Waals surface area contributed by atoms with E-state index in [2.05, 4.69) is 11.2 Å². The van der Waals surface area contributed by atoms with Crippen molar-refractivity contribution < 1.29 is 9.32 Å². The second-order valence-electron chi connectivity index (χ2n) is 4.82. The summed E-state index contributed by atoms with van der Waals surface area (Å²) in [4.78, 5) is 13.4. The van der Waals surface area contributed by atoms with E-state index in [-0.39, 0.29) is 16.7 Å². The van der Waals surface area contributed by atoms with Gasteiger partial charge < -0.3 is 4.52 Å². The number of benzene rings is 1. The van der Waals surface area contributed by atoms with Crippen LogP contribution in [-0.4, -0.2) is 17.2 Å². The maximum atomic E-state index is 12.6. The molecule has 21 heavy (non-hydrogen) atoms. The zero-order chi connectivity index (χ0) is 15.0. The predicted molar refractivity (Wildman–Crippen MR) is 79.9 cm³/mol. The Balaban J connectivity index is 2.06. The summed E-state index contributed by atoms with van der Waals surface area (Å²) in [6, 6.07) is 5.46. The van der Waals surface area contributed by atoms with Gasteiger partial charge in [-0.3, -0.25) is 4.79 Å². The Bertz CT molecular complexity index is 760. The SMILES string of the molecule is CSc1ccc(C(=O)c2cnoc2C2CC2)c(Cl)c1C#N. The van der Waals surface area contributed by atoms with Crippen LogP contribution in [0.4, 0.5) is 0 Å². The molecule has 0 spiro atoms. The molecule has 6 heteroatoms. The van der Waals surface area contributed by atoms with E-state index in [1.54, 1.807) is 12.1 Å². The molecule has 1 aromatic heterocycles. The highest BCUT2D eigenvalue weighted by Gasteiger charge is 2.33. The maximum Gasteiger partial charge on any atom is 0.199 e. The maximum absolute atomic E-state index is 12.6. The smallest absolute Gasteiger partial charge is 0.199 e. The van der Waals surface area contributed by atoms with Crippen molar-refractivity contribution in [3.63, 3.8) is 0 Å². The molecule has 4 nitrogen and oxygen atoms in total. The molecule has 1 aliphatic carbocycles. The van der Waals surface area contributed by atoms with Crippen LogP contribution in [0.25, 0.3) is 0 Å². The molecule has 0 amide bonds. The number of carbonyl (C=O) groups excluding carboxylic acids is 1. The second kappa shape index (κ2) is 5.55. The largest absolute Gasteiger partial charge is 0.360 e. The quantitative estimate of drug-likeness (QED) is 0.629. The zero-order valence-corrected chi connectivity index (χ0v) is 12.8. The average molecular weight is 319 g/mol. The molecule has 0 atom stereocenters. The van der Waals surface area contributed by atoms with E-state index in [0.717, 1.165) is 17.7 Å². The highest BCUT2D eigenvalue weighted by atomic mass is 35.5. The van der Waals surface area contributed by atoms with Crippen LogP contribution in [-0.2, 0) is 0 Å². The lowest BCUT2D eigenvalue weighted by molar-refractivity contribution is 0.103. The number of aromatic nitrogens is 1. The van der Waals surface area contributed by atoms with Crippen molar-refractivity contribution in [2.45, 2.75) is 23.7 Å². The minimum atomic E-state index is -0.243. The topological polar surface area (TPSA) is 66.9 Å². The summed E-state index contributed by atoms with van der Waals surface area (Å²) in [7, 11) is 0. The van der Waals surface area contributed by atoms with Gasteiger partial charge >= 0.3 is 0 Å². The molecule has 1 aliphatic rings. The lowest BCUT2D eigenvalue weighted by Crippen LogP contribution is -2.05. The molecule has 1 saturated carbocycles. The summed E-state index contributed by atoms with van der Waals surface area (Å²) < 4.78 is 5.19. The first kappa shape index (κ1) is 14.2. The van der Waals surface area contributed by atoms with Crippen molar-refractivity contribution in [2.75, 3.05) is 6.26 Å². The van der Waals surface area contributed by atoms with Gasteiger partial charge in [-0.2, -0.15) is 5.26 Å². The molecule has 0 N–H and O–H groups in total. The van der Waals surface area contributed by atoms with Crippen LogP contribution in [0.2, 0.25) is 5.02 Å². The number of nitriles is 1. The minimum absolute atomic E-state index is 0.192. The van der Waals surface area contributed by atoms with Crippen LogP contribution >= 0.6 is 23.4 Å². The van der Waals surface area contributed by atoms with E-state index in [1.165, 1.54) is 18.0 Å². The third-order valence-corrected chi connectivity index (χ3v) is 4.64. The fraction of sp³-hybridized carbons (Fsp3) is 0.267. The van der Waals surface area contributed by atoms with Crippen LogP contribution in [0.15, 0.2) is 27.7 Å². The van der Waals surface area contributed by atoms with Crippen molar-refractivity contribution in [1.82, 2.24) is 5.16 Å². The first-order valence-electron chi connectivity index (χ1n) is 6.43. The lowest BCUT2D eigenvalue weighted by Gasteiger charge is -2.07. The van der Waals surface area contributed by atoms with E-state index >= 15 is 0 Å². The van der Waals surface area contributed by atoms with E-state index in [0.29, 0.717) is 22.5 Å². The minimum Gasteiger partial charge on any atom is -0.360 e. The fourth-order valence-electron chi connectivity index (χ4n) is 2.21. The van der Waals surface area contributed by atoms with Gasteiger partial charge in [0, 0.05) is 16.4 Å². The molecule has 0 saturated heterocycles. The van der Waals surface area contributed by atoms with Gasteiger partial charge in [-0.1, -0.05) is 16.8 Å². The Labute approximate surface area is 131 Å². The van der Waals surface area contributed by atoms with E-state index in [4.69, 9.17) is 16.1 Å². The summed E-state index contributed by atoms with van der Waals surface area (Å²) in [6.45, 7) is 0. The summed E-state index contributed by atoms with van der Waals surface area (Å²) in [5.74, 6) is 0.668. The number of halogens is 1. The Kier molecular flexibility index (Phi) is 3.75. The highest BCUT2D eigenvalue weighted by molar-refractivity contribution is 7.98. The van der Waals surface area contributed by atoms with Crippen molar-refractivity contribution in [3.8, 4) is 6.07 Å². The third kappa shape index (κ3) is 2.45. The van der Waals surface area contributed by atoms with Gasteiger partial charge in [0.1, 0.15) is 6.07 Å². The number of hydrogen-bond acceptors (Lipinski definition) is 5. The van der Waals surface area contributed by atoms with Crippen molar-refractivity contribution in [2.24, 2.45) is 0 Å². The standard InChI is InChI=1S/C15H11ClN2O2S/c1-21-12-5-4-9(13(16)10(12)6-17)14(19)11-7-18-20-15(11)8-2-3-8/h4-5,7-8H,2-3H2,1H3. The molecule has 0 unspecified atom stereocenters. The number of ketones is 1. The molecule has 1 aromatic carbocycles.